The van der Waals surface area contributed by atoms with E-state index in [-0.39, 0.29) is 10.1 Å². The molecule has 6 nitrogen and oxygen atoms in total. The van der Waals surface area contributed by atoms with Gasteiger partial charge in [0.2, 0.25) is 5.91 Å². The molecular formula is C14H14ClN3O3S2. The number of hydrogen-bond acceptors (Lipinski definition) is 5. The molecule has 0 aliphatic carbocycles. The van der Waals surface area contributed by atoms with Crippen LogP contribution in [0.2, 0.25) is 5.15 Å². The van der Waals surface area contributed by atoms with E-state index >= 15 is 0 Å². The number of nitrogens with zero attached hydrogens (tertiary/aromatic N) is 2. The Kier molecular flexibility index (Phi) is 4.67. The van der Waals surface area contributed by atoms with E-state index in [2.05, 4.69) is 10.3 Å². The van der Waals surface area contributed by atoms with Gasteiger partial charge in [-0.2, -0.15) is 4.31 Å². The number of carbonyl (C=O) groups is 1. The molecule has 0 spiro atoms. The van der Waals surface area contributed by atoms with Crippen LogP contribution in [0, 0.1) is 0 Å². The van der Waals surface area contributed by atoms with E-state index in [1.165, 1.54) is 10.5 Å². The monoisotopic (exact) mass is 371 g/mol. The lowest BCUT2D eigenvalue weighted by Crippen LogP contribution is -2.42. The number of aromatic nitrogens is 1. The Balaban J connectivity index is 1.79. The Morgan fingerprint density at radius 3 is 2.87 bits per heavy atom. The molecule has 23 heavy (non-hydrogen) atoms. The van der Waals surface area contributed by atoms with Crippen molar-refractivity contribution in [3.8, 4) is 0 Å². The van der Waals surface area contributed by atoms with Crippen molar-refractivity contribution >= 4 is 44.6 Å². The smallest absolute Gasteiger partial charge is 0.253 e. The molecule has 9 heteroatoms. The number of nitrogens with one attached hydrogen (secondary N) is 1. The number of pyridine rings is 1. The molecule has 1 fully saturated rings. The highest BCUT2D eigenvalue weighted by Gasteiger charge is 2.39. The van der Waals surface area contributed by atoms with Crippen LogP contribution in [0.1, 0.15) is 12.8 Å². The summed E-state index contributed by atoms with van der Waals surface area (Å²) in [5, 5.41) is 4.73. The lowest BCUT2D eigenvalue weighted by atomic mass is 10.2. The van der Waals surface area contributed by atoms with Crippen molar-refractivity contribution in [2.24, 2.45) is 0 Å². The van der Waals surface area contributed by atoms with Gasteiger partial charge < -0.3 is 5.32 Å². The zero-order chi connectivity index (χ0) is 16.4. The zero-order valence-electron chi connectivity index (χ0n) is 12.0. The Morgan fingerprint density at radius 2 is 2.22 bits per heavy atom. The van der Waals surface area contributed by atoms with Gasteiger partial charge in [-0.3, -0.25) is 4.79 Å². The highest BCUT2D eigenvalue weighted by Crippen LogP contribution is 2.29. The van der Waals surface area contributed by atoms with Gasteiger partial charge in [0.15, 0.2) is 0 Å². The molecule has 0 bridgehead atoms. The molecule has 2 aromatic heterocycles. The van der Waals surface area contributed by atoms with Crippen molar-refractivity contribution < 1.29 is 13.2 Å². The third kappa shape index (κ3) is 3.40. The maximum absolute atomic E-state index is 12.6. The van der Waals surface area contributed by atoms with E-state index in [9.17, 15) is 13.2 Å². The average Bonchev–Trinajstić information content (AvgIpc) is 3.21. The number of carbonyl (C=O) groups excluding carboxylic acids is 1. The maximum atomic E-state index is 12.6. The standard InChI is InChI=1S/C14H14ClN3O3S2/c15-12-6-5-10(9-16-12)17-14(19)11-3-1-7-18(11)23(20,21)13-4-2-8-22-13/h2,4-6,8-9,11H,1,3,7H2,(H,17,19). The SMILES string of the molecule is O=C(Nc1ccc(Cl)nc1)C1CCCN1S(=O)(=O)c1cccs1. The Hall–Kier alpha value is -1.48. The highest BCUT2D eigenvalue weighted by atomic mass is 35.5. The van der Waals surface area contributed by atoms with Crippen LogP contribution in [-0.4, -0.2) is 36.2 Å². The third-order valence-electron chi connectivity index (χ3n) is 3.56. The number of thiophene rings is 1. The van der Waals surface area contributed by atoms with E-state index in [1.807, 2.05) is 0 Å². The summed E-state index contributed by atoms with van der Waals surface area (Å²) in [6.07, 6.45) is 2.59. The molecule has 0 aromatic carbocycles. The number of hydrogen-bond donors (Lipinski definition) is 1. The van der Waals surface area contributed by atoms with Crippen molar-refractivity contribution in [3.63, 3.8) is 0 Å². The molecule has 0 radical (unpaired) electrons. The molecule has 1 aliphatic heterocycles. The van der Waals surface area contributed by atoms with Crippen LogP contribution in [0.15, 0.2) is 40.1 Å². The summed E-state index contributed by atoms with van der Waals surface area (Å²) in [4.78, 5) is 16.3. The van der Waals surface area contributed by atoms with E-state index < -0.39 is 16.1 Å². The van der Waals surface area contributed by atoms with Gasteiger partial charge in [0, 0.05) is 6.54 Å². The van der Waals surface area contributed by atoms with Crippen LogP contribution < -0.4 is 5.32 Å². The van der Waals surface area contributed by atoms with Gasteiger partial charge in [-0.15, -0.1) is 11.3 Å². The minimum absolute atomic E-state index is 0.255. The molecule has 0 saturated carbocycles. The van der Waals surface area contributed by atoms with Gasteiger partial charge in [-0.05, 0) is 36.4 Å². The molecule has 1 unspecified atom stereocenters. The van der Waals surface area contributed by atoms with Crippen LogP contribution >= 0.6 is 22.9 Å². The lowest BCUT2D eigenvalue weighted by Gasteiger charge is -2.22. The normalized spacial score (nSPS) is 18.9. The molecule has 1 atom stereocenters. The highest BCUT2D eigenvalue weighted by molar-refractivity contribution is 7.91. The van der Waals surface area contributed by atoms with Crippen LogP contribution in [0.25, 0.3) is 0 Å². The van der Waals surface area contributed by atoms with Crippen molar-refractivity contribution in [1.29, 1.82) is 0 Å². The van der Waals surface area contributed by atoms with E-state index in [1.54, 1.807) is 29.6 Å². The Bertz CT molecular complexity index is 791. The van der Waals surface area contributed by atoms with Crippen LogP contribution in [0.4, 0.5) is 5.69 Å². The summed E-state index contributed by atoms with van der Waals surface area (Å²) in [6, 6.07) is 5.71. The number of halogens is 1. The second kappa shape index (κ2) is 6.56. The summed E-state index contributed by atoms with van der Waals surface area (Å²) in [7, 11) is -3.63. The first-order valence-corrected chi connectivity index (χ1v) is 9.66. The summed E-state index contributed by atoms with van der Waals surface area (Å²) >= 11 is 6.86. The molecule has 122 valence electrons. The minimum Gasteiger partial charge on any atom is -0.323 e. The molecule has 1 amide bonds. The number of amides is 1. The maximum Gasteiger partial charge on any atom is 0.253 e. The molecule has 1 saturated heterocycles. The van der Waals surface area contributed by atoms with Crippen LogP contribution in [-0.2, 0) is 14.8 Å². The predicted molar refractivity (Wildman–Crippen MR) is 89.1 cm³/mol. The molecule has 1 N–H and O–H groups in total. The Morgan fingerprint density at radius 1 is 1.39 bits per heavy atom. The molecule has 3 rings (SSSR count). The Labute approximate surface area is 143 Å². The van der Waals surface area contributed by atoms with Crippen LogP contribution in [0.3, 0.4) is 0 Å². The van der Waals surface area contributed by atoms with Crippen molar-refractivity contribution in [2.75, 3.05) is 11.9 Å². The van der Waals surface area contributed by atoms with Crippen LogP contribution in [0.5, 0.6) is 0 Å². The van der Waals surface area contributed by atoms with E-state index in [0.29, 0.717) is 30.2 Å². The van der Waals surface area contributed by atoms with Gasteiger partial charge in [-0.25, -0.2) is 13.4 Å². The average molecular weight is 372 g/mol. The fourth-order valence-corrected chi connectivity index (χ4v) is 5.38. The van der Waals surface area contributed by atoms with Crippen molar-refractivity contribution in [2.45, 2.75) is 23.1 Å². The summed E-state index contributed by atoms with van der Waals surface area (Å²) < 4.78 is 26.8. The first kappa shape index (κ1) is 16.4. The van der Waals surface area contributed by atoms with E-state index in [4.69, 9.17) is 11.6 Å². The molecule has 2 aromatic rings. The number of rotatable bonds is 4. The molecular weight excluding hydrogens is 358 g/mol. The second-order valence-corrected chi connectivity index (χ2v) is 8.52. The molecule has 1 aliphatic rings. The number of sulfonamides is 1. The topological polar surface area (TPSA) is 79.4 Å². The third-order valence-corrected chi connectivity index (χ3v) is 7.06. The quantitative estimate of drug-likeness (QED) is 0.838. The lowest BCUT2D eigenvalue weighted by molar-refractivity contribution is -0.119. The van der Waals surface area contributed by atoms with Gasteiger partial charge in [0.1, 0.15) is 15.4 Å². The summed E-state index contributed by atoms with van der Waals surface area (Å²) in [6.45, 7) is 0.344. The minimum atomic E-state index is -3.63. The first-order chi connectivity index (χ1) is 11.0. The summed E-state index contributed by atoms with van der Waals surface area (Å²) in [5.74, 6) is -0.355. The fraction of sp³-hybridized carbons (Fsp3) is 0.286. The first-order valence-electron chi connectivity index (χ1n) is 6.96. The fourth-order valence-electron chi connectivity index (χ4n) is 2.49. The van der Waals surface area contributed by atoms with Gasteiger partial charge >= 0.3 is 0 Å². The largest absolute Gasteiger partial charge is 0.323 e. The molecule has 3 heterocycles. The van der Waals surface area contributed by atoms with Crippen molar-refractivity contribution in [3.05, 3.63) is 41.0 Å². The summed E-state index contributed by atoms with van der Waals surface area (Å²) in [5.41, 5.74) is 0.486. The van der Waals surface area contributed by atoms with Gasteiger partial charge in [-0.1, -0.05) is 17.7 Å². The van der Waals surface area contributed by atoms with Gasteiger partial charge in [0.25, 0.3) is 10.0 Å². The second-order valence-electron chi connectivity index (χ2n) is 5.06. The van der Waals surface area contributed by atoms with E-state index in [0.717, 1.165) is 11.3 Å². The zero-order valence-corrected chi connectivity index (χ0v) is 14.4. The number of anilines is 1. The van der Waals surface area contributed by atoms with Gasteiger partial charge in [0.05, 0.1) is 11.9 Å². The van der Waals surface area contributed by atoms with Crippen molar-refractivity contribution in [1.82, 2.24) is 9.29 Å². The predicted octanol–water partition coefficient (Wildman–Crippen LogP) is 2.59.